The smallest absolute Gasteiger partial charge is 0.184 e. The van der Waals surface area contributed by atoms with E-state index in [1.807, 2.05) is 30.3 Å². The van der Waals surface area contributed by atoms with Gasteiger partial charge in [-0.2, -0.15) is 0 Å². The minimum absolute atomic E-state index is 0.216. The van der Waals surface area contributed by atoms with Crippen molar-refractivity contribution in [2.24, 2.45) is 0 Å². The van der Waals surface area contributed by atoms with Gasteiger partial charge >= 0.3 is 0 Å². The lowest BCUT2D eigenvalue weighted by Crippen LogP contribution is -2.26. The van der Waals surface area contributed by atoms with Gasteiger partial charge in [0.25, 0.3) is 0 Å². The van der Waals surface area contributed by atoms with Gasteiger partial charge in [-0.1, -0.05) is 18.2 Å². The van der Waals surface area contributed by atoms with Crippen LogP contribution in [0.5, 0.6) is 5.75 Å². The monoisotopic (exact) mass is 234 g/mol. The molecule has 0 saturated carbocycles. The number of rotatable bonds is 4. The van der Waals surface area contributed by atoms with Crippen molar-refractivity contribution >= 4 is 0 Å². The molecular formula is C14H18O3. The summed E-state index contributed by atoms with van der Waals surface area (Å²) in [6, 6.07) is 7.78. The molecule has 2 atom stereocenters. The molecule has 92 valence electrons. The van der Waals surface area contributed by atoms with Gasteiger partial charge in [-0.05, 0) is 25.0 Å². The summed E-state index contributed by atoms with van der Waals surface area (Å²) in [7, 11) is 1.66. The molecule has 0 spiro atoms. The van der Waals surface area contributed by atoms with Gasteiger partial charge in [0, 0.05) is 5.56 Å². The Hall–Kier alpha value is -1.32. The summed E-state index contributed by atoms with van der Waals surface area (Å²) in [4.78, 5) is 0. The second-order valence-corrected chi connectivity index (χ2v) is 4.05. The zero-order valence-electron chi connectivity index (χ0n) is 10.1. The quantitative estimate of drug-likeness (QED) is 0.749. The Morgan fingerprint density at radius 2 is 2.18 bits per heavy atom. The molecular weight excluding hydrogens is 216 g/mol. The van der Waals surface area contributed by atoms with Gasteiger partial charge in [0.05, 0.1) is 19.8 Å². The van der Waals surface area contributed by atoms with Crippen LogP contribution < -0.4 is 4.74 Å². The first kappa shape index (κ1) is 12.1. The molecule has 1 aliphatic heterocycles. The predicted molar refractivity (Wildman–Crippen MR) is 66.0 cm³/mol. The van der Waals surface area contributed by atoms with Crippen molar-refractivity contribution in [3.05, 3.63) is 42.5 Å². The van der Waals surface area contributed by atoms with Gasteiger partial charge in [-0.15, -0.1) is 6.58 Å². The fraction of sp³-hybridized carbons (Fsp3) is 0.429. The van der Waals surface area contributed by atoms with Crippen molar-refractivity contribution in [1.29, 1.82) is 0 Å². The Balaban J connectivity index is 2.02. The maximum atomic E-state index is 5.85. The van der Waals surface area contributed by atoms with E-state index in [0.717, 1.165) is 30.8 Å². The Morgan fingerprint density at radius 1 is 1.41 bits per heavy atom. The first-order valence-electron chi connectivity index (χ1n) is 5.85. The highest BCUT2D eigenvalue weighted by molar-refractivity contribution is 5.27. The van der Waals surface area contributed by atoms with Gasteiger partial charge in [0.2, 0.25) is 0 Å². The van der Waals surface area contributed by atoms with E-state index in [1.165, 1.54) is 0 Å². The Kier molecular flexibility index (Phi) is 4.18. The summed E-state index contributed by atoms with van der Waals surface area (Å²) >= 11 is 0. The van der Waals surface area contributed by atoms with Gasteiger partial charge in [0.15, 0.2) is 6.29 Å². The molecule has 0 aromatic heterocycles. The lowest BCUT2D eigenvalue weighted by Gasteiger charge is -2.30. The minimum atomic E-state index is -0.264. The Morgan fingerprint density at radius 3 is 2.82 bits per heavy atom. The zero-order chi connectivity index (χ0) is 12.1. The van der Waals surface area contributed by atoms with E-state index < -0.39 is 0 Å². The third-order valence-corrected chi connectivity index (χ3v) is 2.84. The molecule has 1 aromatic carbocycles. The molecule has 1 saturated heterocycles. The first-order chi connectivity index (χ1) is 8.33. The van der Waals surface area contributed by atoms with Crippen LogP contribution in [0, 0.1) is 0 Å². The van der Waals surface area contributed by atoms with Crippen LogP contribution in [-0.4, -0.2) is 19.8 Å². The van der Waals surface area contributed by atoms with Gasteiger partial charge in [0.1, 0.15) is 5.75 Å². The zero-order valence-corrected chi connectivity index (χ0v) is 10.1. The summed E-state index contributed by atoms with van der Waals surface area (Å²) < 4.78 is 16.6. The maximum absolute atomic E-state index is 5.85. The Bertz CT molecular complexity index is 358. The average Bonchev–Trinajstić information content (AvgIpc) is 2.40. The van der Waals surface area contributed by atoms with E-state index >= 15 is 0 Å². The van der Waals surface area contributed by atoms with Crippen LogP contribution >= 0.6 is 0 Å². The van der Waals surface area contributed by atoms with Crippen LogP contribution in [0.1, 0.15) is 24.7 Å². The summed E-state index contributed by atoms with van der Waals surface area (Å²) in [5.41, 5.74) is 1.03. The van der Waals surface area contributed by atoms with Crippen molar-refractivity contribution in [3.63, 3.8) is 0 Å². The van der Waals surface area contributed by atoms with E-state index in [4.69, 9.17) is 14.2 Å². The van der Waals surface area contributed by atoms with Gasteiger partial charge in [-0.25, -0.2) is 0 Å². The van der Waals surface area contributed by atoms with Crippen molar-refractivity contribution in [2.45, 2.75) is 25.2 Å². The first-order valence-corrected chi connectivity index (χ1v) is 5.85. The van der Waals surface area contributed by atoms with Crippen molar-refractivity contribution in [3.8, 4) is 5.75 Å². The molecule has 2 rings (SSSR count). The minimum Gasteiger partial charge on any atom is -0.497 e. The van der Waals surface area contributed by atoms with E-state index in [1.54, 1.807) is 7.11 Å². The Labute approximate surface area is 102 Å². The molecule has 0 N–H and O–H groups in total. The van der Waals surface area contributed by atoms with E-state index in [9.17, 15) is 0 Å². The lowest BCUT2D eigenvalue weighted by molar-refractivity contribution is -0.216. The van der Waals surface area contributed by atoms with Crippen molar-refractivity contribution < 1.29 is 14.2 Å². The van der Waals surface area contributed by atoms with E-state index in [2.05, 4.69) is 6.58 Å². The standard InChI is InChI=1S/C14H18O3/c1-3-4-13-9-10-16-14(17-13)11-5-7-12(15-2)8-6-11/h3,5-8,13-14H,1,4,9-10H2,2H3. The van der Waals surface area contributed by atoms with Crippen molar-refractivity contribution in [2.75, 3.05) is 13.7 Å². The topological polar surface area (TPSA) is 27.7 Å². The maximum Gasteiger partial charge on any atom is 0.184 e. The second-order valence-electron chi connectivity index (χ2n) is 4.05. The summed E-state index contributed by atoms with van der Waals surface area (Å²) in [5.74, 6) is 0.840. The molecule has 1 aromatic rings. The highest BCUT2D eigenvalue weighted by Crippen LogP contribution is 2.28. The van der Waals surface area contributed by atoms with Crippen molar-refractivity contribution in [1.82, 2.24) is 0 Å². The molecule has 0 amide bonds. The van der Waals surface area contributed by atoms with Crippen LogP contribution in [0.3, 0.4) is 0 Å². The van der Waals surface area contributed by atoms with Crippen LogP contribution in [0.4, 0.5) is 0 Å². The van der Waals surface area contributed by atoms with Gasteiger partial charge < -0.3 is 14.2 Å². The van der Waals surface area contributed by atoms with Crippen LogP contribution in [0.15, 0.2) is 36.9 Å². The molecule has 17 heavy (non-hydrogen) atoms. The fourth-order valence-corrected chi connectivity index (χ4v) is 1.88. The molecule has 1 aliphatic rings. The summed E-state index contributed by atoms with van der Waals surface area (Å²) in [5, 5.41) is 0. The molecule has 0 bridgehead atoms. The lowest BCUT2D eigenvalue weighted by atomic mass is 10.1. The number of benzene rings is 1. The summed E-state index contributed by atoms with van der Waals surface area (Å²) in [6.45, 7) is 4.47. The number of ether oxygens (including phenoxy) is 3. The predicted octanol–water partition coefficient (Wildman–Crippen LogP) is 3.08. The summed E-state index contributed by atoms with van der Waals surface area (Å²) in [6.07, 6.45) is 3.64. The number of hydrogen-bond donors (Lipinski definition) is 0. The third-order valence-electron chi connectivity index (χ3n) is 2.84. The fourth-order valence-electron chi connectivity index (χ4n) is 1.88. The highest BCUT2D eigenvalue weighted by Gasteiger charge is 2.23. The second kappa shape index (κ2) is 5.84. The SMILES string of the molecule is C=CCC1CCOC(c2ccc(OC)cc2)O1. The third kappa shape index (κ3) is 3.08. The number of methoxy groups -OCH3 is 1. The molecule has 1 heterocycles. The normalized spacial score (nSPS) is 24.3. The molecule has 2 unspecified atom stereocenters. The van der Waals surface area contributed by atoms with Gasteiger partial charge in [-0.3, -0.25) is 0 Å². The molecule has 0 aliphatic carbocycles. The van der Waals surface area contributed by atoms with Crippen LogP contribution in [0.2, 0.25) is 0 Å². The van der Waals surface area contributed by atoms with E-state index in [-0.39, 0.29) is 12.4 Å². The molecule has 3 nitrogen and oxygen atoms in total. The van der Waals surface area contributed by atoms with Crippen LogP contribution in [0.25, 0.3) is 0 Å². The largest absolute Gasteiger partial charge is 0.497 e. The molecule has 3 heteroatoms. The molecule has 0 radical (unpaired) electrons. The number of hydrogen-bond acceptors (Lipinski definition) is 3. The average molecular weight is 234 g/mol. The molecule has 1 fully saturated rings. The van der Waals surface area contributed by atoms with Crippen LogP contribution in [-0.2, 0) is 9.47 Å². The highest BCUT2D eigenvalue weighted by atomic mass is 16.7. The van der Waals surface area contributed by atoms with E-state index in [0.29, 0.717) is 0 Å².